The molecule has 0 bridgehead atoms. The molecule has 78 valence electrons. The SMILES string of the molecule is CCS(=O)(=O)c1ccc(NCN)cc1. The molecule has 4 nitrogen and oxygen atoms in total. The van der Waals surface area contributed by atoms with Crippen LogP contribution in [0.15, 0.2) is 29.2 Å². The number of hydrogen-bond acceptors (Lipinski definition) is 4. The van der Waals surface area contributed by atoms with Gasteiger partial charge < -0.3 is 11.1 Å². The van der Waals surface area contributed by atoms with E-state index in [2.05, 4.69) is 5.32 Å². The van der Waals surface area contributed by atoms with E-state index in [0.29, 0.717) is 11.6 Å². The molecule has 1 aromatic carbocycles. The maximum atomic E-state index is 11.4. The highest BCUT2D eigenvalue weighted by atomic mass is 32.2. The Hall–Kier alpha value is -1.07. The van der Waals surface area contributed by atoms with Crippen molar-refractivity contribution in [2.45, 2.75) is 11.8 Å². The minimum Gasteiger partial charge on any atom is -0.373 e. The molecule has 0 atom stereocenters. The lowest BCUT2D eigenvalue weighted by molar-refractivity contribution is 0.597. The molecule has 0 fully saturated rings. The number of anilines is 1. The molecule has 0 aromatic heterocycles. The van der Waals surface area contributed by atoms with Gasteiger partial charge in [-0.1, -0.05) is 6.92 Å². The summed E-state index contributed by atoms with van der Waals surface area (Å²) in [5, 5.41) is 2.89. The zero-order chi connectivity index (χ0) is 10.6. The molecule has 0 unspecified atom stereocenters. The van der Waals surface area contributed by atoms with Gasteiger partial charge in [0.25, 0.3) is 0 Å². The largest absolute Gasteiger partial charge is 0.373 e. The molecule has 0 saturated heterocycles. The predicted molar refractivity (Wildman–Crippen MR) is 56.8 cm³/mol. The highest BCUT2D eigenvalue weighted by molar-refractivity contribution is 7.91. The van der Waals surface area contributed by atoms with Crippen molar-refractivity contribution >= 4 is 15.5 Å². The zero-order valence-corrected chi connectivity index (χ0v) is 8.84. The maximum absolute atomic E-state index is 11.4. The molecule has 5 heteroatoms. The molecule has 0 amide bonds. The van der Waals surface area contributed by atoms with E-state index in [1.165, 1.54) is 0 Å². The molecule has 1 aromatic rings. The van der Waals surface area contributed by atoms with Gasteiger partial charge in [-0.05, 0) is 24.3 Å². The topological polar surface area (TPSA) is 72.2 Å². The van der Waals surface area contributed by atoms with Crippen molar-refractivity contribution in [3.8, 4) is 0 Å². The summed E-state index contributed by atoms with van der Waals surface area (Å²) in [6.45, 7) is 1.96. The summed E-state index contributed by atoms with van der Waals surface area (Å²) in [4.78, 5) is 0.350. The average molecular weight is 214 g/mol. The van der Waals surface area contributed by atoms with Gasteiger partial charge in [-0.25, -0.2) is 8.42 Å². The summed E-state index contributed by atoms with van der Waals surface area (Å²) < 4.78 is 22.8. The lowest BCUT2D eigenvalue weighted by Crippen LogP contribution is -2.10. The Morgan fingerprint density at radius 2 is 1.86 bits per heavy atom. The number of nitrogens with one attached hydrogen (secondary N) is 1. The third-order valence-electron chi connectivity index (χ3n) is 1.90. The second-order valence-electron chi connectivity index (χ2n) is 2.81. The van der Waals surface area contributed by atoms with E-state index >= 15 is 0 Å². The van der Waals surface area contributed by atoms with Crippen LogP contribution < -0.4 is 11.1 Å². The first-order chi connectivity index (χ1) is 6.60. The van der Waals surface area contributed by atoms with Gasteiger partial charge in [0.05, 0.1) is 17.3 Å². The Kier molecular flexibility index (Phi) is 3.49. The molecule has 0 aliphatic carbocycles. The second kappa shape index (κ2) is 4.43. The third kappa shape index (κ3) is 2.46. The van der Waals surface area contributed by atoms with Crippen LogP contribution in [0, 0.1) is 0 Å². The first kappa shape index (κ1) is 11.0. The fourth-order valence-corrected chi connectivity index (χ4v) is 1.95. The standard InChI is InChI=1S/C9H14N2O2S/c1-2-14(12,13)9-5-3-8(4-6-9)11-7-10/h3-6,11H,2,7,10H2,1H3. The summed E-state index contributed by atoms with van der Waals surface area (Å²) in [5.41, 5.74) is 6.10. The molecule has 0 aliphatic heterocycles. The normalized spacial score (nSPS) is 11.3. The minimum absolute atomic E-state index is 0.122. The summed E-state index contributed by atoms with van der Waals surface area (Å²) in [7, 11) is -3.09. The van der Waals surface area contributed by atoms with Crippen LogP contribution in [0.3, 0.4) is 0 Å². The van der Waals surface area contributed by atoms with Gasteiger partial charge in [0.2, 0.25) is 0 Å². The molecule has 0 radical (unpaired) electrons. The van der Waals surface area contributed by atoms with E-state index < -0.39 is 9.84 Å². The molecular weight excluding hydrogens is 200 g/mol. The Morgan fingerprint density at radius 3 is 2.29 bits per heavy atom. The van der Waals surface area contributed by atoms with Crippen LogP contribution in [0.2, 0.25) is 0 Å². The molecule has 0 saturated carbocycles. The van der Waals surface area contributed by atoms with Crippen molar-refractivity contribution in [3.05, 3.63) is 24.3 Å². The van der Waals surface area contributed by atoms with E-state index in [-0.39, 0.29) is 5.75 Å². The van der Waals surface area contributed by atoms with Crippen LogP contribution in [-0.4, -0.2) is 20.8 Å². The van der Waals surface area contributed by atoms with E-state index in [4.69, 9.17) is 5.73 Å². The number of hydrogen-bond donors (Lipinski definition) is 2. The molecule has 0 spiro atoms. The third-order valence-corrected chi connectivity index (χ3v) is 3.65. The van der Waals surface area contributed by atoms with E-state index in [1.54, 1.807) is 31.2 Å². The summed E-state index contributed by atoms with van der Waals surface area (Å²) in [6, 6.07) is 6.57. The van der Waals surface area contributed by atoms with Crippen LogP contribution in [0.1, 0.15) is 6.92 Å². The molecule has 3 N–H and O–H groups in total. The molecule has 0 aliphatic rings. The van der Waals surface area contributed by atoms with Crippen molar-refractivity contribution in [1.29, 1.82) is 0 Å². The van der Waals surface area contributed by atoms with Crippen LogP contribution in [-0.2, 0) is 9.84 Å². The Balaban J connectivity index is 2.94. The fourth-order valence-electron chi connectivity index (χ4n) is 1.06. The summed E-state index contributed by atoms with van der Waals surface area (Å²) in [6.07, 6.45) is 0. The van der Waals surface area contributed by atoms with E-state index in [9.17, 15) is 8.42 Å². The van der Waals surface area contributed by atoms with Crippen LogP contribution in [0.4, 0.5) is 5.69 Å². The lowest BCUT2D eigenvalue weighted by atomic mass is 10.3. The predicted octanol–water partition coefficient (Wildman–Crippen LogP) is 0.808. The Labute approximate surface area is 84.0 Å². The Bertz CT molecular complexity index is 384. The number of sulfone groups is 1. The molecule has 1 rings (SSSR count). The fraction of sp³-hybridized carbons (Fsp3) is 0.333. The number of rotatable bonds is 4. The second-order valence-corrected chi connectivity index (χ2v) is 5.09. The highest BCUT2D eigenvalue weighted by Gasteiger charge is 2.10. The lowest BCUT2D eigenvalue weighted by Gasteiger charge is -2.04. The van der Waals surface area contributed by atoms with Crippen LogP contribution >= 0.6 is 0 Å². The van der Waals surface area contributed by atoms with Gasteiger partial charge in [0, 0.05) is 5.69 Å². The molecular formula is C9H14N2O2S. The minimum atomic E-state index is -3.09. The van der Waals surface area contributed by atoms with Crippen molar-refractivity contribution in [2.24, 2.45) is 5.73 Å². The zero-order valence-electron chi connectivity index (χ0n) is 8.03. The van der Waals surface area contributed by atoms with E-state index in [0.717, 1.165) is 5.69 Å². The van der Waals surface area contributed by atoms with Gasteiger partial charge in [0.15, 0.2) is 9.84 Å². The number of nitrogens with two attached hydrogens (primary N) is 1. The van der Waals surface area contributed by atoms with Crippen LogP contribution in [0.5, 0.6) is 0 Å². The van der Waals surface area contributed by atoms with Crippen molar-refractivity contribution in [3.63, 3.8) is 0 Å². The van der Waals surface area contributed by atoms with Gasteiger partial charge in [-0.15, -0.1) is 0 Å². The van der Waals surface area contributed by atoms with Crippen molar-refractivity contribution in [2.75, 3.05) is 17.7 Å². The quantitative estimate of drug-likeness (QED) is 0.727. The maximum Gasteiger partial charge on any atom is 0.178 e. The number of benzene rings is 1. The smallest absolute Gasteiger partial charge is 0.178 e. The Morgan fingerprint density at radius 1 is 1.29 bits per heavy atom. The average Bonchev–Trinajstić information content (AvgIpc) is 2.19. The summed E-state index contributed by atoms with van der Waals surface area (Å²) in [5.74, 6) is 0.122. The monoisotopic (exact) mass is 214 g/mol. The van der Waals surface area contributed by atoms with Gasteiger partial charge in [0.1, 0.15) is 0 Å². The van der Waals surface area contributed by atoms with Crippen LogP contribution in [0.25, 0.3) is 0 Å². The van der Waals surface area contributed by atoms with Gasteiger partial charge >= 0.3 is 0 Å². The molecule has 14 heavy (non-hydrogen) atoms. The van der Waals surface area contributed by atoms with Gasteiger partial charge in [-0.2, -0.15) is 0 Å². The summed E-state index contributed by atoms with van der Waals surface area (Å²) >= 11 is 0. The first-order valence-corrected chi connectivity index (χ1v) is 6.02. The van der Waals surface area contributed by atoms with Crippen molar-refractivity contribution < 1.29 is 8.42 Å². The first-order valence-electron chi connectivity index (χ1n) is 4.37. The van der Waals surface area contributed by atoms with Crippen molar-refractivity contribution in [1.82, 2.24) is 0 Å². The van der Waals surface area contributed by atoms with Gasteiger partial charge in [-0.3, -0.25) is 0 Å². The molecule has 0 heterocycles. The van der Waals surface area contributed by atoms with E-state index in [1.807, 2.05) is 0 Å². The highest BCUT2D eigenvalue weighted by Crippen LogP contribution is 2.14.